The van der Waals surface area contributed by atoms with E-state index < -0.39 is 0 Å². The van der Waals surface area contributed by atoms with Gasteiger partial charge in [0, 0.05) is 56.6 Å². The van der Waals surface area contributed by atoms with E-state index >= 15 is 0 Å². The largest absolute Gasteiger partial charge is 0.331 e. The Labute approximate surface area is 157 Å². The summed E-state index contributed by atoms with van der Waals surface area (Å²) >= 11 is 0. The number of benzene rings is 1. The van der Waals surface area contributed by atoms with E-state index in [1.54, 1.807) is 0 Å². The van der Waals surface area contributed by atoms with E-state index in [4.69, 9.17) is 10.7 Å². The Kier molecular flexibility index (Phi) is 5.51. The monoisotopic (exact) mass is 355 g/mol. The summed E-state index contributed by atoms with van der Waals surface area (Å²) in [5.74, 6) is 1.02. The van der Waals surface area contributed by atoms with Gasteiger partial charge in [-0.05, 0) is 27.7 Å². The second kappa shape index (κ2) is 7.51. The molecular weight excluding hydrogens is 322 g/mol. The van der Waals surface area contributed by atoms with E-state index in [1.165, 1.54) is 5.69 Å². The molecule has 1 saturated heterocycles. The van der Waals surface area contributed by atoms with Crippen molar-refractivity contribution >= 4 is 0 Å². The lowest BCUT2D eigenvalue weighted by Crippen LogP contribution is -2.54. The molecular formula is C21H33N5. The minimum atomic E-state index is 0.181. The molecule has 1 aliphatic rings. The van der Waals surface area contributed by atoms with Crippen molar-refractivity contribution in [3.8, 4) is 11.4 Å². The minimum absolute atomic E-state index is 0.181. The quantitative estimate of drug-likeness (QED) is 0.916. The molecule has 5 heteroatoms. The maximum Gasteiger partial charge on any atom is 0.140 e. The van der Waals surface area contributed by atoms with Gasteiger partial charge in [0.1, 0.15) is 5.82 Å². The first-order valence-electron chi connectivity index (χ1n) is 9.60. The fraction of sp³-hybridized carbons (Fsp3) is 0.571. The van der Waals surface area contributed by atoms with Gasteiger partial charge in [-0.15, -0.1) is 0 Å². The first-order valence-corrected chi connectivity index (χ1v) is 9.60. The highest BCUT2D eigenvalue weighted by molar-refractivity contribution is 5.56. The van der Waals surface area contributed by atoms with E-state index in [-0.39, 0.29) is 11.6 Å². The van der Waals surface area contributed by atoms with Crippen LogP contribution in [0.2, 0.25) is 0 Å². The summed E-state index contributed by atoms with van der Waals surface area (Å²) in [6.07, 6.45) is 0. The summed E-state index contributed by atoms with van der Waals surface area (Å²) in [5, 5.41) is 0. The van der Waals surface area contributed by atoms with E-state index in [0.29, 0.717) is 6.54 Å². The van der Waals surface area contributed by atoms with Crippen molar-refractivity contribution in [2.24, 2.45) is 12.8 Å². The molecule has 0 radical (unpaired) electrons. The lowest BCUT2D eigenvalue weighted by atomic mass is 10.0. The molecule has 1 aromatic carbocycles. The zero-order valence-electron chi connectivity index (χ0n) is 16.9. The van der Waals surface area contributed by atoms with Crippen molar-refractivity contribution in [3.05, 3.63) is 41.7 Å². The topological polar surface area (TPSA) is 50.3 Å². The van der Waals surface area contributed by atoms with Crippen LogP contribution in [0.3, 0.4) is 0 Å². The SMILES string of the molecule is Cc1c(C(CN)N2CCN(C(C)(C)C)CC2)nc(-c2ccccc2)n1C. The molecule has 1 aromatic heterocycles. The van der Waals surface area contributed by atoms with Gasteiger partial charge < -0.3 is 10.3 Å². The third-order valence-corrected chi connectivity index (χ3v) is 5.69. The van der Waals surface area contributed by atoms with Gasteiger partial charge in [0.2, 0.25) is 0 Å². The molecule has 2 heterocycles. The zero-order valence-corrected chi connectivity index (χ0v) is 16.9. The highest BCUT2D eigenvalue weighted by Gasteiger charge is 2.31. The number of nitrogens with zero attached hydrogens (tertiary/aromatic N) is 4. The Bertz CT molecular complexity index is 721. The fourth-order valence-corrected chi connectivity index (χ4v) is 3.90. The summed E-state index contributed by atoms with van der Waals surface area (Å²) in [6, 6.07) is 10.6. The van der Waals surface area contributed by atoms with Gasteiger partial charge in [-0.1, -0.05) is 30.3 Å². The molecule has 1 atom stereocenters. The lowest BCUT2D eigenvalue weighted by molar-refractivity contribution is 0.0424. The molecule has 2 aromatic rings. The molecule has 0 amide bonds. The maximum atomic E-state index is 6.22. The fourth-order valence-electron chi connectivity index (χ4n) is 3.90. The summed E-state index contributed by atoms with van der Waals surface area (Å²) in [6.45, 7) is 13.9. The van der Waals surface area contributed by atoms with E-state index in [1.807, 2.05) is 6.07 Å². The standard InChI is InChI=1S/C21H33N5/c1-16-19(23-20(24(16)5)17-9-7-6-8-10-17)18(15-22)25-11-13-26(14-12-25)21(2,3)4/h6-10,18H,11-15,22H2,1-5H3. The van der Waals surface area contributed by atoms with Crippen LogP contribution in [0.1, 0.15) is 38.2 Å². The van der Waals surface area contributed by atoms with E-state index in [0.717, 1.165) is 43.3 Å². The summed E-state index contributed by atoms with van der Waals surface area (Å²) < 4.78 is 2.19. The second-order valence-electron chi connectivity index (χ2n) is 8.28. The highest BCUT2D eigenvalue weighted by atomic mass is 15.3. The van der Waals surface area contributed by atoms with Crippen LogP contribution >= 0.6 is 0 Å². The first kappa shape index (κ1) is 19.1. The number of piperazine rings is 1. The predicted octanol–water partition coefficient (Wildman–Crippen LogP) is 2.81. The summed E-state index contributed by atoms with van der Waals surface area (Å²) in [7, 11) is 2.10. The van der Waals surface area contributed by atoms with Gasteiger partial charge in [-0.3, -0.25) is 9.80 Å². The van der Waals surface area contributed by atoms with Crippen molar-refractivity contribution in [3.63, 3.8) is 0 Å². The number of rotatable bonds is 4. The molecule has 1 aliphatic heterocycles. The van der Waals surface area contributed by atoms with Gasteiger partial charge in [-0.2, -0.15) is 0 Å². The molecule has 26 heavy (non-hydrogen) atoms. The van der Waals surface area contributed by atoms with Crippen LogP contribution in [0.25, 0.3) is 11.4 Å². The molecule has 1 unspecified atom stereocenters. The first-order chi connectivity index (χ1) is 12.3. The van der Waals surface area contributed by atoms with Crippen LogP contribution in [0.4, 0.5) is 0 Å². The number of hydrogen-bond acceptors (Lipinski definition) is 4. The average molecular weight is 356 g/mol. The van der Waals surface area contributed by atoms with Gasteiger partial charge in [0.15, 0.2) is 0 Å². The summed E-state index contributed by atoms with van der Waals surface area (Å²) in [5.41, 5.74) is 9.93. The van der Waals surface area contributed by atoms with Crippen molar-refractivity contribution in [2.45, 2.75) is 39.3 Å². The molecule has 0 spiro atoms. The lowest BCUT2D eigenvalue weighted by Gasteiger charge is -2.44. The van der Waals surface area contributed by atoms with Crippen molar-refractivity contribution in [1.29, 1.82) is 0 Å². The number of nitrogens with two attached hydrogens (primary N) is 1. The molecule has 1 fully saturated rings. The zero-order chi connectivity index (χ0) is 18.9. The Morgan fingerprint density at radius 1 is 1.08 bits per heavy atom. The Morgan fingerprint density at radius 3 is 2.23 bits per heavy atom. The maximum absolute atomic E-state index is 6.22. The number of aromatic nitrogens is 2. The molecule has 2 N–H and O–H groups in total. The second-order valence-corrected chi connectivity index (χ2v) is 8.28. The van der Waals surface area contributed by atoms with Gasteiger partial charge in [-0.25, -0.2) is 4.98 Å². The molecule has 0 bridgehead atoms. The number of imidazole rings is 1. The Morgan fingerprint density at radius 2 is 1.69 bits per heavy atom. The van der Waals surface area contributed by atoms with Crippen LogP contribution in [-0.4, -0.2) is 57.6 Å². The normalized spacial score (nSPS) is 18.2. The van der Waals surface area contributed by atoms with Crippen LogP contribution in [0, 0.1) is 6.92 Å². The molecule has 3 rings (SSSR count). The van der Waals surface area contributed by atoms with Crippen LogP contribution in [-0.2, 0) is 7.05 Å². The third kappa shape index (κ3) is 3.70. The van der Waals surface area contributed by atoms with Gasteiger partial charge in [0.05, 0.1) is 11.7 Å². The highest BCUT2D eigenvalue weighted by Crippen LogP contribution is 2.29. The molecule has 0 saturated carbocycles. The van der Waals surface area contributed by atoms with Crippen LogP contribution < -0.4 is 5.73 Å². The van der Waals surface area contributed by atoms with Crippen LogP contribution in [0.15, 0.2) is 30.3 Å². The third-order valence-electron chi connectivity index (χ3n) is 5.69. The van der Waals surface area contributed by atoms with E-state index in [2.05, 4.69) is 73.4 Å². The molecule has 142 valence electrons. The van der Waals surface area contributed by atoms with Gasteiger partial charge >= 0.3 is 0 Å². The molecule has 5 nitrogen and oxygen atoms in total. The van der Waals surface area contributed by atoms with E-state index in [9.17, 15) is 0 Å². The van der Waals surface area contributed by atoms with Crippen molar-refractivity contribution < 1.29 is 0 Å². The van der Waals surface area contributed by atoms with Crippen molar-refractivity contribution in [2.75, 3.05) is 32.7 Å². The summed E-state index contributed by atoms with van der Waals surface area (Å²) in [4.78, 5) is 10.1. The van der Waals surface area contributed by atoms with Gasteiger partial charge in [0.25, 0.3) is 0 Å². The number of hydrogen-bond donors (Lipinski definition) is 1. The molecule has 0 aliphatic carbocycles. The minimum Gasteiger partial charge on any atom is -0.331 e. The Hall–Kier alpha value is -1.69. The predicted molar refractivity (Wildman–Crippen MR) is 108 cm³/mol. The van der Waals surface area contributed by atoms with Crippen molar-refractivity contribution in [1.82, 2.24) is 19.4 Å². The smallest absolute Gasteiger partial charge is 0.140 e. The average Bonchev–Trinajstić information content (AvgIpc) is 2.92. The van der Waals surface area contributed by atoms with Crippen LogP contribution in [0.5, 0.6) is 0 Å². The Balaban J connectivity index is 1.83.